The number of quaternary nitrogens is 2. The number of hydrogen-bond acceptors (Lipinski definition) is 2. The van der Waals surface area contributed by atoms with Crippen molar-refractivity contribution in [1.29, 1.82) is 0 Å². The third kappa shape index (κ3) is 5.92. The highest BCUT2D eigenvalue weighted by atomic mass is 16.3. The second kappa shape index (κ2) is 8.89. The predicted molar refractivity (Wildman–Crippen MR) is 111 cm³/mol. The molecule has 0 bridgehead atoms. The molecule has 0 spiro atoms. The number of aliphatic hydroxyl groups is 2. The van der Waals surface area contributed by atoms with Crippen molar-refractivity contribution in [2.75, 3.05) is 42.3 Å². The van der Waals surface area contributed by atoms with Crippen molar-refractivity contribution in [1.82, 2.24) is 0 Å². The molecule has 2 aliphatic carbocycles. The van der Waals surface area contributed by atoms with E-state index in [9.17, 15) is 10.2 Å². The van der Waals surface area contributed by atoms with Crippen LogP contribution < -0.4 is 0 Å². The highest BCUT2D eigenvalue weighted by Gasteiger charge is 2.43. The van der Waals surface area contributed by atoms with E-state index in [1.165, 1.54) is 12.8 Å². The van der Waals surface area contributed by atoms with Crippen molar-refractivity contribution < 1.29 is 19.2 Å². The summed E-state index contributed by atoms with van der Waals surface area (Å²) in [6.45, 7) is 9.34. The maximum Gasteiger partial charge on any atom is 0.141 e. The van der Waals surface area contributed by atoms with Crippen LogP contribution in [0.15, 0.2) is 0 Å². The van der Waals surface area contributed by atoms with Gasteiger partial charge >= 0.3 is 0 Å². The van der Waals surface area contributed by atoms with Gasteiger partial charge in [0.15, 0.2) is 0 Å². The molecule has 6 unspecified atom stereocenters. The number of hydrogen-bond donors (Lipinski definition) is 2. The van der Waals surface area contributed by atoms with E-state index in [-0.39, 0.29) is 18.2 Å². The van der Waals surface area contributed by atoms with Crippen LogP contribution in [0.2, 0.25) is 0 Å². The zero-order chi connectivity index (χ0) is 20.4. The van der Waals surface area contributed by atoms with Gasteiger partial charge in [0.1, 0.15) is 18.2 Å². The minimum absolute atomic E-state index is 0.0382. The molecular formula is C22H48N2O2+2. The average molecular weight is 373 g/mol. The van der Waals surface area contributed by atoms with Crippen LogP contribution in [-0.2, 0) is 0 Å². The van der Waals surface area contributed by atoms with Crippen LogP contribution in [0.3, 0.4) is 0 Å². The van der Waals surface area contributed by atoms with Gasteiger partial charge in [-0.1, -0.05) is 27.7 Å². The van der Waals surface area contributed by atoms with Crippen molar-refractivity contribution in [2.45, 2.75) is 77.7 Å². The number of aliphatic hydroxyl groups excluding tert-OH is 2. The van der Waals surface area contributed by atoms with Gasteiger partial charge in [-0.3, -0.25) is 0 Å². The molecular weight excluding hydrogens is 324 g/mol. The first-order valence-corrected chi connectivity index (χ1v) is 10.7. The van der Waals surface area contributed by atoms with Gasteiger partial charge in [-0.15, -0.1) is 0 Å². The predicted octanol–water partition coefficient (Wildman–Crippen LogP) is 2.98. The van der Waals surface area contributed by atoms with Crippen LogP contribution in [0.4, 0.5) is 0 Å². The van der Waals surface area contributed by atoms with Crippen molar-refractivity contribution in [3.8, 4) is 0 Å². The lowest BCUT2D eigenvalue weighted by Crippen LogP contribution is -2.61. The van der Waals surface area contributed by atoms with Gasteiger partial charge in [-0.25, -0.2) is 0 Å². The second-order valence-corrected chi connectivity index (χ2v) is 11.2. The third-order valence-corrected chi connectivity index (χ3v) is 7.13. The van der Waals surface area contributed by atoms with E-state index in [1.807, 2.05) is 21.1 Å². The molecule has 0 amide bonds. The number of nitrogens with zero attached hydrogens (tertiary/aromatic N) is 2. The zero-order valence-corrected chi connectivity index (χ0v) is 19.2. The van der Waals surface area contributed by atoms with E-state index < -0.39 is 0 Å². The Bertz CT molecular complexity index is 387. The lowest BCUT2D eigenvalue weighted by atomic mass is 9.71. The minimum atomic E-state index is -0.372. The number of rotatable bonds is 2. The minimum Gasteiger partial charge on any atom is -0.387 e. The molecule has 2 saturated carbocycles. The van der Waals surface area contributed by atoms with Crippen molar-refractivity contribution in [3.63, 3.8) is 0 Å². The fourth-order valence-electron chi connectivity index (χ4n) is 5.60. The summed E-state index contributed by atoms with van der Waals surface area (Å²) in [6, 6.07) is 0.812. The molecule has 0 radical (unpaired) electrons. The smallest absolute Gasteiger partial charge is 0.141 e. The fraction of sp³-hybridized carbons (Fsp3) is 1.00. The summed E-state index contributed by atoms with van der Waals surface area (Å²) in [7, 11) is 13.1. The Kier molecular flexibility index (Phi) is 8.17. The van der Waals surface area contributed by atoms with Crippen molar-refractivity contribution in [2.24, 2.45) is 23.7 Å². The zero-order valence-electron chi connectivity index (χ0n) is 19.2. The highest BCUT2D eigenvalue weighted by molar-refractivity contribution is 4.86. The SMILES string of the molecule is CC1CCC(C)[C@@H](C)C1[N+](C)(C)C.CC1CCC(O)C([N+](C)(C)C)[C@@H]1O. The molecule has 0 aromatic rings. The van der Waals surface area contributed by atoms with Gasteiger partial charge in [0.25, 0.3) is 0 Å². The van der Waals surface area contributed by atoms with E-state index in [0.717, 1.165) is 41.1 Å². The summed E-state index contributed by atoms with van der Waals surface area (Å²) < 4.78 is 1.76. The normalized spacial score (nSPS) is 42.0. The maximum absolute atomic E-state index is 9.97. The van der Waals surface area contributed by atoms with Crippen LogP contribution >= 0.6 is 0 Å². The summed E-state index contributed by atoms with van der Waals surface area (Å²) in [6.07, 6.45) is 3.87. The van der Waals surface area contributed by atoms with Gasteiger partial charge < -0.3 is 19.2 Å². The summed E-state index contributed by atoms with van der Waals surface area (Å²) in [5.41, 5.74) is 0. The van der Waals surface area contributed by atoms with E-state index in [0.29, 0.717) is 10.4 Å². The monoisotopic (exact) mass is 372 g/mol. The Morgan fingerprint density at radius 2 is 1.00 bits per heavy atom. The van der Waals surface area contributed by atoms with Crippen LogP contribution in [0.5, 0.6) is 0 Å². The summed E-state index contributed by atoms with van der Waals surface area (Å²) >= 11 is 0. The van der Waals surface area contributed by atoms with Crippen LogP contribution in [0, 0.1) is 23.7 Å². The molecule has 4 nitrogen and oxygen atoms in total. The van der Waals surface area contributed by atoms with Crippen molar-refractivity contribution >= 4 is 0 Å². The van der Waals surface area contributed by atoms with Crippen LogP contribution in [0.1, 0.15) is 53.4 Å². The topological polar surface area (TPSA) is 40.5 Å². The molecule has 156 valence electrons. The number of likely N-dealkylation sites (N-methyl/N-ethyl adjacent to an activating group) is 1. The van der Waals surface area contributed by atoms with E-state index in [2.05, 4.69) is 48.8 Å². The molecule has 4 heteroatoms. The molecule has 2 fully saturated rings. The summed E-state index contributed by atoms with van der Waals surface area (Å²) in [4.78, 5) is 0. The quantitative estimate of drug-likeness (QED) is 0.732. The third-order valence-electron chi connectivity index (χ3n) is 7.13. The maximum atomic E-state index is 9.97. The lowest BCUT2D eigenvalue weighted by molar-refractivity contribution is -0.905. The molecule has 0 heterocycles. The van der Waals surface area contributed by atoms with Gasteiger partial charge in [0.05, 0.1) is 48.3 Å². The lowest BCUT2D eigenvalue weighted by Gasteiger charge is -2.46. The van der Waals surface area contributed by atoms with E-state index in [4.69, 9.17) is 0 Å². The first-order valence-electron chi connectivity index (χ1n) is 10.7. The Labute approximate surface area is 163 Å². The van der Waals surface area contributed by atoms with Gasteiger partial charge in [-0.05, 0) is 37.5 Å². The van der Waals surface area contributed by atoms with Gasteiger partial charge in [0, 0.05) is 11.8 Å². The van der Waals surface area contributed by atoms with Crippen LogP contribution in [-0.4, -0.2) is 85.8 Å². The second-order valence-electron chi connectivity index (χ2n) is 11.2. The summed E-state index contributed by atoms with van der Waals surface area (Å²) in [5, 5.41) is 19.8. The first-order chi connectivity index (χ1) is 11.7. The molecule has 0 aromatic carbocycles. The molecule has 2 aliphatic rings. The Hall–Kier alpha value is -0.160. The molecule has 0 saturated heterocycles. The molecule has 26 heavy (non-hydrogen) atoms. The Balaban J connectivity index is 0.000000260. The van der Waals surface area contributed by atoms with Crippen molar-refractivity contribution in [3.05, 3.63) is 0 Å². The van der Waals surface area contributed by atoms with Crippen LogP contribution in [0.25, 0.3) is 0 Å². The first kappa shape index (κ1) is 23.9. The largest absolute Gasteiger partial charge is 0.387 e. The average Bonchev–Trinajstić information content (AvgIpc) is 2.45. The van der Waals surface area contributed by atoms with Gasteiger partial charge in [-0.2, -0.15) is 0 Å². The molecule has 0 aliphatic heterocycles. The standard InChI is InChI=1S/C12H26N.C10H22NO2/c1-9-7-8-10(2)12(11(9)3)13(4,5)6;1-7-5-6-8(12)9(10(7)13)11(2,3)4/h9-12H,7-8H2,1-6H3;7-10,12-13H,5-6H2,1-4H3/q2*+1/t9?,10?,11-,12?;7?,8?,9?,10-/m11/s1. The Morgan fingerprint density at radius 1 is 0.577 bits per heavy atom. The highest BCUT2D eigenvalue weighted by Crippen LogP contribution is 2.37. The summed E-state index contributed by atoms with van der Waals surface area (Å²) in [5.74, 6) is 3.00. The molecule has 8 atom stereocenters. The molecule has 2 N–H and O–H groups in total. The molecule has 2 rings (SSSR count). The van der Waals surface area contributed by atoms with Gasteiger partial charge in [0.2, 0.25) is 0 Å². The van der Waals surface area contributed by atoms with E-state index >= 15 is 0 Å². The van der Waals surface area contributed by atoms with E-state index in [1.54, 1.807) is 0 Å². The molecule has 0 aromatic heterocycles. The Morgan fingerprint density at radius 3 is 1.38 bits per heavy atom. The fourth-order valence-corrected chi connectivity index (χ4v) is 5.60.